The molecule has 11 heteroatoms. The Kier molecular flexibility index (Phi) is 9.96. The summed E-state index contributed by atoms with van der Waals surface area (Å²) >= 11 is 8.41. The number of aliphatic hydroxyl groups is 1. The van der Waals surface area contributed by atoms with Crippen LogP contribution in [0.3, 0.4) is 0 Å². The van der Waals surface area contributed by atoms with Gasteiger partial charge in [-0.1, -0.05) is 23.7 Å². The number of halogens is 2. The summed E-state index contributed by atoms with van der Waals surface area (Å²) in [5, 5.41) is 17.3. The van der Waals surface area contributed by atoms with E-state index in [1.54, 1.807) is 41.8 Å². The molecular weight excluding hydrogens is 653 g/mol. The number of benzene rings is 4. The molecule has 2 heterocycles. The first-order valence-electron chi connectivity index (χ1n) is 15.4. The zero-order valence-electron chi connectivity index (χ0n) is 27.0. The lowest BCUT2D eigenvalue weighted by Crippen LogP contribution is -2.12. The lowest BCUT2D eigenvalue weighted by Gasteiger charge is -2.14. The van der Waals surface area contributed by atoms with Crippen molar-refractivity contribution in [2.24, 2.45) is 7.05 Å². The minimum absolute atomic E-state index is 0.256. The molecule has 4 aromatic carbocycles. The summed E-state index contributed by atoms with van der Waals surface area (Å²) in [5.74, 6) is 1.40. The maximum Gasteiger partial charge on any atom is 0.354 e. The molecule has 248 valence electrons. The molecule has 0 amide bonds. The largest absolute Gasteiger partial charge is 0.497 e. The van der Waals surface area contributed by atoms with Crippen molar-refractivity contribution in [2.75, 3.05) is 20.8 Å². The van der Waals surface area contributed by atoms with Gasteiger partial charge in [0.25, 0.3) is 0 Å². The van der Waals surface area contributed by atoms with Gasteiger partial charge in [-0.2, -0.15) is 5.10 Å². The van der Waals surface area contributed by atoms with Gasteiger partial charge in [0.05, 0.1) is 33.1 Å². The van der Waals surface area contributed by atoms with Crippen LogP contribution in [0.25, 0.3) is 32.8 Å². The van der Waals surface area contributed by atoms with Gasteiger partial charge in [-0.05, 0) is 85.0 Å². The number of esters is 1. The van der Waals surface area contributed by atoms with Gasteiger partial charge in [-0.25, -0.2) is 9.18 Å². The molecule has 2 aromatic heterocycles. The molecule has 0 atom stereocenters. The van der Waals surface area contributed by atoms with Crippen molar-refractivity contribution in [2.45, 2.75) is 37.1 Å². The molecule has 0 saturated heterocycles. The number of carbonyl (C=O) groups is 1. The summed E-state index contributed by atoms with van der Waals surface area (Å²) in [6, 6.07) is 22.0. The number of rotatable bonds is 12. The van der Waals surface area contributed by atoms with Crippen molar-refractivity contribution < 1.29 is 28.5 Å². The molecule has 0 bridgehead atoms. The van der Waals surface area contributed by atoms with Gasteiger partial charge in [0, 0.05) is 62.4 Å². The third-order valence-electron chi connectivity index (χ3n) is 8.43. The number of thioether (sulfide) groups is 1. The van der Waals surface area contributed by atoms with E-state index in [-0.39, 0.29) is 12.4 Å². The Hall–Kier alpha value is -4.51. The lowest BCUT2D eigenvalue weighted by molar-refractivity contribution is 0.0588. The van der Waals surface area contributed by atoms with Crippen LogP contribution in [-0.4, -0.2) is 46.2 Å². The molecule has 6 rings (SSSR count). The average molecular weight is 688 g/mol. The highest BCUT2D eigenvalue weighted by molar-refractivity contribution is 7.98. The molecule has 0 fully saturated rings. The molecule has 0 spiro atoms. The van der Waals surface area contributed by atoms with Gasteiger partial charge < -0.3 is 23.9 Å². The number of hydrogen-bond donors (Lipinski definition) is 1. The number of aromatic nitrogens is 3. The van der Waals surface area contributed by atoms with E-state index in [0.717, 1.165) is 54.9 Å². The van der Waals surface area contributed by atoms with E-state index in [1.165, 1.54) is 19.2 Å². The first-order chi connectivity index (χ1) is 23.2. The van der Waals surface area contributed by atoms with Gasteiger partial charge in [0.15, 0.2) is 0 Å². The third-order valence-corrected chi connectivity index (χ3v) is 9.80. The van der Waals surface area contributed by atoms with Crippen LogP contribution in [0.15, 0.2) is 77.7 Å². The Balaban J connectivity index is 1.26. The highest BCUT2D eigenvalue weighted by atomic mass is 35.5. The Morgan fingerprint density at radius 1 is 1.00 bits per heavy atom. The molecule has 1 N–H and O–H groups in total. The topological polar surface area (TPSA) is 87.7 Å². The first-order valence-corrected chi connectivity index (χ1v) is 16.7. The lowest BCUT2D eigenvalue weighted by atomic mass is 9.99. The number of hydrogen-bond acceptors (Lipinski definition) is 7. The number of fused-ring (bicyclic) bond motifs is 2. The zero-order valence-corrected chi connectivity index (χ0v) is 28.6. The van der Waals surface area contributed by atoms with Gasteiger partial charge >= 0.3 is 5.97 Å². The minimum atomic E-state index is -0.478. The highest BCUT2D eigenvalue weighted by Gasteiger charge is 2.24. The Morgan fingerprint density at radius 2 is 1.79 bits per heavy atom. The molecule has 0 saturated carbocycles. The maximum absolute atomic E-state index is 14.2. The van der Waals surface area contributed by atoms with Crippen LogP contribution in [-0.2, 0) is 30.7 Å². The highest BCUT2D eigenvalue weighted by Crippen LogP contribution is 2.40. The van der Waals surface area contributed by atoms with E-state index < -0.39 is 5.97 Å². The molecule has 8 nitrogen and oxygen atoms in total. The Bertz CT molecular complexity index is 2130. The van der Waals surface area contributed by atoms with E-state index in [2.05, 4.69) is 5.10 Å². The van der Waals surface area contributed by atoms with E-state index in [9.17, 15) is 14.3 Å². The molecule has 0 unspecified atom stereocenters. The molecular formula is C37H35ClFN3O5S. The Morgan fingerprint density at radius 3 is 2.52 bits per heavy atom. The number of carbonyl (C=O) groups excluding carboxylic acids is 1. The quantitative estimate of drug-likeness (QED) is 0.0786. The van der Waals surface area contributed by atoms with Crippen molar-refractivity contribution in [3.63, 3.8) is 0 Å². The second-order valence-corrected chi connectivity index (χ2v) is 12.8. The second-order valence-electron chi connectivity index (χ2n) is 11.3. The predicted molar refractivity (Wildman–Crippen MR) is 188 cm³/mol. The molecule has 0 aliphatic heterocycles. The molecule has 0 aliphatic carbocycles. The number of ether oxygens (including phenoxy) is 3. The van der Waals surface area contributed by atoms with Crippen LogP contribution in [0.4, 0.5) is 4.39 Å². The average Bonchev–Trinajstić information content (AvgIpc) is 3.60. The van der Waals surface area contributed by atoms with Crippen LogP contribution in [0.2, 0.25) is 5.02 Å². The van der Waals surface area contributed by atoms with Crippen LogP contribution in [0.5, 0.6) is 11.5 Å². The van der Waals surface area contributed by atoms with Crippen LogP contribution in [0.1, 0.15) is 33.9 Å². The van der Waals surface area contributed by atoms with Crippen LogP contribution in [0, 0.1) is 12.7 Å². The smallest absolute Gasteiger partial charge is 0.354 e. The number of methoxy groups -OCH3 is 2. The van der Waals surface area contributed by atoms with Crippen LogP contribution >= 0.6 is 23.4 Å². The van der Waals surface area contributed by atoms with Gasteiger partial charge in [-0.3, -0.25) is 4.68 Å². The summed E-state index contributed by atoms with van der Waals surface area (Å²) < 4.78 is 34.6. The van der Waals surface area contributed by atoms with E-state index in [4.69, 9.17) is 25.8 Å². The molecule has 0 aliphatic rings. The Labute approximate surface area is 287 Å². The fraction of sp³-hybridized carbons (Fsp3) is 0.243. The molecule has 0 radical (unpaired) electrons. The minimum Gasteiger partial charge on any atom is -0.497 e. The second kappa shape index (κ2) is 14.3. The third kappa shape index (κ3) is 6.60. The van der Waals surface area contributed by atoms with E-state index >= 15 is 0 Å². The fourth-order valence-corrected chi connectivity index (χ4v) is 7.15. The van der Waals surface area contributed by atoms with Crippen molar-refractivity contribution in [3.05, 3.63) is 106 Å². The normalized spacial score (nSPS) is 11.4. The van der Waals surface area contributed by atoms with Gasteiger partial charge in [-0.15, -0.1) is 11.8 Å². The van der Waals surface area contributed by atoms with Gasteiger partial charge in [0.1, 0.15) is 23.0 Å². The first kappa shape index (κ1) is 33.4. The summed E-state index contributed by atoms with van der Waals surface area (Å²) in [6.45, 7) is 2.45. The van der Waals surface area contributed by atoms with Crippen molar-refractivity contribution >= 4 is 51.0 Å². The van der Waals surface area contributed by atoms with E-state index in [0.29, 0.717) is 47.3 Å². The SMILES string of the molecule is COC(=O)c1cc2c(-c3c(CO)nn(C)c3C)c(Cl)ccc2n1CCCOc1cc(SCc2ccc(OC)cc2)cc2cc(F)ccc12. The standard InChI is InChI=1S/C37H35ClFN3O5S/c1-22-35(31(20-43)40-41(22)2)36-29-19-33(37(44)46-4)42(32(29)13-12-30(36)38)14-5-15-47-34-18-27(17-24-16-25(39)8-11-28(24)34)48-21-23-6-9-26(45-3)10-7-23/h6-13,16-19,43H,5,14-15,20-21H2,1-4H3. The molecule has 48 heavy (non-hydrogen) atoms. The summed E-state index contributed by atoms with van der Waals surface area (Å²) in [5.41, 5.74) is 5.08. The van der Waals surface area contributed by atoms with E-state index in [1.807, 2.05) is 61.0 Å². The van der Waals surface area contributed by atoms with Crippen molar-refractivity contribution in [3.8, 4) is 22.6 Å². The monoisotopic (exact) mass is 687 g/mol. The van der Waals surface area contributed by atoms with Gasteiger partial charge in [0.2, 0.25) is 0 Å². The summed E-state index contributed by atoms with van der Waals surface area (Å²) in [6.07, 6.45) is 0.561. The number of aryl methyl sites for hydroxylation is 2. The summed E-state index contributed by atoms with van der Waals surface area (Å²) in [7, 11) is 4.80. The zero-order chi connectivity index (χ0) is 33.9. The van der Waals surface area contributed by atoms with Crippen LogP contribution < -0.4 is 9.47 Å². The fourth-order valence-electron chi connectivity index (χ4n) is 5.96. The number of aliphatic hydroxyl groups excluding tert-OH is 1. The predicted octanol–water partition coefficient (Wildman–Crippen LogP) is 8.34. The van der Waals surface area contributed by atoms with Crippen molar-refractivity contribution in [1.82, 2.24) is 14.3 Å². The summed E-state index contributed by atoms with van der Waals surface area (Å²) in [4.78, 5) is 13.9. The maximum atomic E-state index is 14.2. The van der Waals surface area contributed by atoms with Crippen molar-refractivity contribution in [1.29, 1.82) is 0 Å². The number of nitrogens with zero attached hydrogens (tertiary/aromatic N) is 3. The molecule has 6 aromatic rings.